The molecule has 1 N–H and O–H groups in total. The molecule has 0 saturated carbocycles. The van der Waals surface area contributed by atoms with E-state index in [2.05, 4.69) is 57.7 Å². The second-order valence-corrected chi connectivity index (χ2v) is 8.95. The molecule has 1 saturated heterocycles. The van der Waals surface area contributed by atoms with Crippen LogP contribution in [0.1, 0.15) is 29.5 Å². The molecule has 1 fully saturated rings. The van der Waals surface area contributed by atoms with Crippen LogP contribution in [0.3, 0.4) is 0 Å². The van der Waals surface area contributed by atoms with Gasteiger partial charge < -0.3 is 5.32 Å². The van der Waals surface area contributed by atoms with E-state index in [-0.39, 0.29) is 5.91 Å². The lowest BCUT2D eigenvalue weighted by molar-refractivity contribution is -0.118. The molecule has 1 aliphatic rings. The molecular weight excluding hydrogens is 402 g/mol. The molecular formula is C26H29N3OS. The number of pyridine rings is 1. The third-order valence-corrected chi connectivity index (χ3v) is 6.59. The van der Waals surface area contributed by atoms with Crippen LogP contribution in [0.2, 0.25) is 0 Å². The Hall–Kier alpha value is -2.63. The van der Waals surface area contributed by atoms with Crippen molar-refractivity contribution < 1.29 is 4.79 Å². The maximum Gasteiger partial charge on any atom is 0.230 e. The number of nitrogens with zero attached hydrogens (tertiary/aromatic N) is 2. The second-order valence-electron chi connectivity index (χ2n) is 7.97. The first-order valence-electron chi connectivity index (χ1n) is 10.9. The van der Waals surface area contributed by atoms with Crippen molar-refractivity contribution in [1.29, 1.82) is 0 Å². The molecule has 0 unspecified atom stereocenters. The van der Waals surface area contributed by atoms with E-state index in [4.69, 9.17) is 0 Å². The van der Waals surface area contributed by atoms with Crippen molar-refractivity contribution >= 4 is 17.7 Å². The van der Waals surface area contributed by atoms with Crippen LogP contribution in [0.5, 0.6) is 0 Å². The summed E-state index contributed by atoms with van der Waals surface area (Å²) in [6.45, 7) is 4.00. The fourth-order valence-electron chi connectivity index (χ4n) is 3.93. The van der Waals surface area contributed by atoms with Crippen molar-refractivity contribution in [2.75, 3.05) is 18.8 Å². The molecule has 31 heavy (non-hydrogen) atoms. The zero-order valence-corrected chi connectivity index (χ0v) is 18.6. The quantitative estimate of drug-likeness (QED) is 0.524. The summed E-state index contributed by atoms with van der Waals surface area (Å²) in [5, 5.41) is 3.07. The standard InChI is InChI=1S/C26H29N3OS/c30-26(20-31-19-22-6-5-13-27-16-22)28-17-24-7-1-2-8-25(24)23-11-9-21(10-12-23)18-29-14-3-4-15-29/h1-2,5-13,16H,3-4,14-15,17-20H2,(H,28,30). The lowest BCUT2D eigenvalue weighted by atomic mass is 9.98. The van der Waals surface area contributed by atoms with Gasteiger partial charge in [0, 0.05) is 31.2 Å². The molecule has 0 bridgehead atoms. The summed E-state index contributed by atoms with van der Waals surface area (Å²) in [5.74, 6) is 1.30. The highest BCUT2D eigenvalue weighted by Gasteiger charge is 2.12. The molecule has 1 amide bonds. The first-order valence-corrected chi connectivity index (χ1v) is 12.1. The minimum absolute atomic E-state index is 0.0599. The number of carbonyl (C=O) groups is 1. The monoisotopic (exact) mass is 431 g/mol. The predicted octanol–water partition coefficient (Wildman–Crippen LogP) is 4.89. The molecule has 4 rings (SSSR count). The Morgan fingerprint density at radius 1 is 0.968 bits per heavy atom. The normalized spacial score (nSPS) is 13.9. The van der Waals surface area contributed by atoms with Crippen LogP contribution < -0.4 is 5.32 Å². The maximum absolute atomic E-state index is 12.3. The van der Waals surface area contributed by atoms with Gasteiger partial charge >= 0.3 is 0 Å². The third kappa shape index (κ3) is 6.42. The average Bonchev–Trinajstić information content (AvgIpc) is 3.32. The van der Waals surface area contributed by atoms with Gasteiger partial charge in [-0.1, -0.05) is 54.6 Å². The number of likely N-dealkylation sites (tertiary alicyclic amines) is 1. The second kappa shape index (κ2) is 11.1. The number of thioether (sulfide) groups is 1. The molecule has 1 aromatic heterocycles. The fourth-order valence-corrected chi connectivity index (χ4v) is 4.73. The lowest BCUT2D eigenvalue weighted by Gasteiger charge is -2.15. The number of hydrogen-bond acceptors (Lipinski definition) is 4. The zero-order valence-electron chi connectivity index (χ0n) is 17.8. The average molecular weight is 432 g/mol. The number of benzene rings is 2. The molecule has 0 aliphatic carbocycles. The van der Waals surface area contributed by atoms with Crippen LogP contribution in [0, 0.1) is 0 Å². The number of rotatable bonds is 9. The van der Waals surface area contributed by atoms with Crippen molar-refractivity contribution in [3.63, 3.8) is 0 Å². The van der Waals surface area contributed by atoms with E-state index in [1.165, 1.54) is 42.6 Å². The summed E-state index contributed by atoms with van der Waals surface area (Å²) in [7, 11) is 0. The van der Waals surface area contributed by atoms with E-state index in [0.717, 1.165) is 23.4 Å². The van der Waals surface area contributed by atoms with Gasteiger partial charge in [0.05, 0.1) is 5.75 Å². The summed E-state index contributed by atoms with van der Waals surface area (Å²) in [5.41, 5.74) is 6.01. The SMILES string of the molecule is O=C(CSCc1cccnc1)NCc1ccccc1-c1ccc(CN2CCCC2)cc1. The number of hydrogen-bond donors (Lipinski definition) is 1. The molecule has 5 heteroatoms. The Bertz CT molecular complexity index is 969. The number of nitrogens with one attached hydrogen (secondary N) is 1. The van der Waals surface area contributed by atoms with Gasteiger partial charge in [0.1, 0.15) is 0 Å². The van der Waals surface area contributed by atoms with E-state index in [1.807, 2.05) is 24.4 Å². The molecule has 2 aromatic carbocycles. The smallest absolute Gasteiger partial charge is 0.230 e. The first-order chi connectivity index (χ1) is 15.3. The molecule has 0 atom stereocenters. The summed E-state index contributed by atoms with van der Waals surface area (Å²) in [6.07, 6.45) is 6.25. The summed E-state index contributed by atoms with van der Waals surface area (Å²) >= 11 is 1.61. The van der Waals surface area contributed by atoms with Crippen LogP contribution in [0.25, 0.3) is 11.1 Å². The summed E-state index contributed by atoms with van der Waals surface area (Å²) < 4.78 is 0. The highest BCUT2D eigenvalue weighted by atomic mass is 32.2. The van der Waals surface area contributed by atoms with Crippen LogP contribution in [-0.2, 0) is 23.6 Å². The van der Waals surface area contributed by atoms with Crippen molar-refractivity contribution in [3.05, 3.63) is 89.7 Å². The topological polar surface area (TPSA) is 45.2 Å². The van der Waals surface area contributed by atoms with Gasteiger partial charge in [-0.25, -0.2) is 0 Å². The van der Waals surface area contributed by atoms with Gasteiger partial charge in [-0.15, -0.1) is 11.8 Å². The van der Waals surface area contributed by atoms with Gasteiger partial charge in [0.25, 0.3) is 0 Å². The molecule has 2 heterocycles. The maximum atomic E-state index is 12.3. The minimum atomic E-state index is 0.0599. The largest absolute Gasteiger partial charge is 0.351 e. The minimum Gasteiger partial charge on any atom is -0.351 e. The zero-order chi connectivity index (χ0) is 21.3. The Kier molecular flexibility index (Phi) is 7.75. The molecule has 0 spiro atoms. The fraction of sp³-hybridized carbons (Fsp3) is 0.308. The van der Waals surface area contributed by atoms with Gasteiger partial charge in [-0.2, -0.15) is 0 Å². The highest BCUT2D eigenvalue weighted by molar-refractivity contribution is 7.99. The van der Waals surface area contributed by atoms with E-state index >= 15 is 0 Å². The molecule has 160 valence electrons. The number of carbonyl (C=O) groups excluding carboxylic acids is 1. The Labute approximate surface area is 189 Å². The first kappa shape index (κ1) is 21.6. The van der Waals surface area contributed by atoms with Gasteiger partial charge in [-0.05, 0) is 59.8 Å². The third-order valence-electron chi connectivity index (χ3n) is 5.59. The lowest BCUT2D eigenvalue weighted by Crippen LogP contribution is -2.24. The van der Waals surface area contributed by atoms with E-state index in [9.17, 15) is 4.79 Å². The van der Waals surface area contributed by atoms with Crippen molar-refractivity contribution in [2.45, 2.75) is 31.7 Å². The predicted molar refractivity (Wildman–Crippen MR) is 129 cm³/mol. The summed E-state index contributed by atoms with van der Waals surface area (Å²) in [6, 6.07) is 21.1. The Morgan fingerprint density at radius 3 is 2.55 bits per heavy atom. The van der Waals surface area contributed by atoms with Gasteiger partial charge in [0.15, 0.2) is 0 Å². The van der Waals surface area contributed by atoms with Gasteiger partial charge in [0.2, 0.25) is 5.91 Å². The Morgan fingerprint density at radius 2 is 1.77 bits per heavy atom. The summed E-state index contributed by atoms with van der Waals surface area (Å²) in [4.78, 5) is 18.9. The molecule has 3 aromatic rings. The van der Waals surface area contributed by atoms with E-state index in [0.29, 0.717) is 12.3 Å². The van der Waals surface area contributed by atoms with Crippen molar-refractivity contribution in [1.82, 2.24) is 15.2 Å². The van der Waals surface area contributed by atoms with E-state index in [1.54, 1.807) is 18.0 Å². The van der Waals surface area contributed by atoms with Crippen LogP contribution in [0.4, 0.5) is 0 Å². The molecule has 4 nitrogen and oxygen atoms in total. The Balaban J connectivity index is 1.31. The number of aromatic nitrogens is 1. The van der Waals surface area contributed by atoms with E-state index < -0.39 is 0 Å². The van der Waals surface area contributed by atoms with Gasteiger partial charge in [-0.3, -0.25) is 14.7 Å². The van der Waals surface area contributed by atoms with Crippen molar-refractivity contribution in [3.8, 4) is 11.1 Å². The number of amides is 1. The molecule has 0 radical (unpaired) electrons. The highest BCUT2D eigenvalue weighted by Crippen LogP contribution is 2.25. The van der Waals surface area contributed by atoms with Crippen LogP contribution in [0.15, 0.2) is 73.1 Å². The molecule has 1 aliphatic heterocycles. The van der Waals surface area contributed by atoms with Crippen molar-refractivity contribution in [2.24, 2.45) is 0 Å². The van der Waals surface area contributed by atoms with Crippen LogP contribution in [-0.4, -0.2) is 34.6 Å². The van der Waals surface area contributed by atoms with Crippen LogP contribution >= 0.6 is 11.8 Å².